The summed E-state index contributed by atoms with van der Waals surface area (Å²) in [7, 11) is 0. The van der Waals surface area contributed by atoms with Gasteiger partial charge in [-0.1, -0.05) is 45.1 Å². The number of aliphatic carboxylic acids is 1. The largest absolute Gasteiger partial charge is 0.478 e. The van der Waals surface area contributed by atoms with Crippen LogP contribution in [0.1, 0.15) is 56.5 Å². The molecule has 1 aliphatic rings. The summed E-state index contributed by atoms with van der Waals surface area (Å²) < 4.78 is 0. The number of carboxylic acids is 1. The monoisotopic (exact) mass is 350 g/mol. The molecule has 4 heteroatoms. The number of carbonyl (C=O) groups is 1. The normalized spacial score (nSPS) is 26.3. The summed E-state index contributed by atoms with van der Waals surface area (Å²) in [5.41, 5.74) is 5.87. The van der Waals surface area contributed by atoms with E-state index in [2.05, 4.69) is 39.8 Å². The number of rotatable bonds is 3. The van der Waals surface area contributed by atoms with Gasteiger partial charge in [0.25, 0.3) is 0 Å². The molecule has 1 heterocycles. The number of benzene rings is 1. The third kappa shape index (κ3) is 3.28. The topological polar surface area (TPSA) is 63.1 Å². The van der Waals surface area contributed by atoms with Crippen LogP contribution >= 0.6 is 0 Å². The molecule has 1 N–H and O–H groups in total. The van der Waals surface area contributed by atoms with Crippen LogP contribution in [-0.4, -0.2) is 21.0 Å². The lowest BCUT2D eigenvalue weighted by Crippen LogP contribution is -2.30. The zero-order valence-electron chi connectivity index (χ0n) is 16.0. The maximum absolute atomic E-state index is 10.9. The third-order valence-electron chi connectivity index (χ3n) is 5.80. The summed E-state index contributed by atoms with van der Waals surface area (Å²) in [5.74, 6) is 0.426. The molecule has 0 aliphatic heterocycles. The number of nitrogens with zero attached hydrogens (tertiary/aromatic N) is 2. The van der Waals surface area contributed by atoms with Crippen LogP contribution in [-0.2, 0) is 4.79 Å². The molecule has 4 nitrogen and oxygen atoms in total. The molecule has 136 valence electrons. The van der Waals surface area contributed by atoms with Gasteiger partial charge in [-0.2, -0.15) is 0 Å². The van der Waals surface area contributed by atoms with E-state index in [1.807, 2.05) is 18.2 Å². The van der Waals surface area contributed by atoms with Gasteiger partial charge in [-0.25, -0.2) is 14.8 Å². The first-order valence-corrected chi connectivity index (χ1v) is 9.16. The van der Waals surface area contributed by atoms with Gasteiger partial charge < -0.3 is 5.11 Å². The molecule has 0 bridgehead atoms. The van der Waals surface area contributed by atoms with Gasteiger partial charge in [0.2, 0.25) is 0 Å². The number of aromatic nitrogens is 2. The van der Waals surface area contributed by atoms with E-state index in [0.717, 1.165) is 33.6 Å². The number of carboxylic acid groups (broad SMARTS) is 1. The van der Waals surface area contributed by atoms with E-state index in [1.54, 1.807) is 6.92 Å². The molecule has 1 aromatic carbocycles. The summed E-state index contributed by atoms with van der Waals surface area (Å²) >= 11 is 0. The van der Waals surface area contributed by atoms with Gasteiger partial charge in [0, 0.05) is 17.9 Å². The van der Waals surface area contributed by atoms with Crippen molar-refractivity contribution in [1.29, 1.82) is 0 Å². The molecular weight excluding hydrogens is 324 g/mol. The average Bonchev–Trinajstić information content (AvgIpc) is 2.58. The van der Waals surface area contributed by atoms with Gasteiger partial charge in [-0.3, -0.25) is 0 Å². The molecule has 0 saturated carbocycles. The standard InChI is InChI=1S/C22H26N2O2/c1-12(11-19(25)26)9-10-17-15(4)14(3)16(5)21-22(17)23-18-8-6-7-13(2)20(18)24-21/h6-11,14-17H,1-5H3,(H,25,26)/b10-9+,12-11+. The Bertz CT molecular complexity index is 914. The number of aryl methyl sites for hydroxylation is 1. The van der Waals surface area contributed by atoms with Gasteiger partial charge in [0.1, 0.15) is 0 Å². The maximum atomic E-state index is 10.9. The minimum atomic E-state index is -0.924. The van der Waals surface area contributed by atoms with Crippen molar-refractivity contribution >= 4 is 17.0 Å². The predicted molar refractivity (Wildman–Crippen MR) is 104 cm³/mol. The van der Waals surface area contributed by atoms with Crippen molar-refractivity contribution < 1.29 is 9.90 Å². The second-order valence-electron chi connectivity index (χ2n) is 7.56. The Kier molecular flexibility index (Phi) is 4.94. The Balaban J connectivity index is 2.13. The van der Waals surface area contributed by atoms with Crippen LogP contribution in [0, 0.1) is 18.8 Å². The first-order valence-electron chi connectivity index (χ1n) is 9.16. The van der Waals surface area contributed by atoms with E-state index in [9.17, 15) is 4.79 Å². The Hall–Kier alpha value is -2.49. The van der Waals surface area contributed by atoms with Crippen molar-refractivity contribution in [1.82, 2.24) is 9.97 Å². The number of hydrogen-bond donors (Lipinski definition) is 1. The number of hydrogen-bond acceptors (Lipinski definition) is 3. The first-order chi connectivity index (χ1) is 12.3. The van der Waals surface area contributed by atoms with Crippen molar-refractivity contribution in [3.8, 4) is 0 Å². The van der Waals surface area contributed by atoms with Gasteiger partial charge >= 0.3 is 5.97 Å². The van der Waals surface area contributed by atoms with Crippen LogP contribution in [0.4, 0.5) is 0 Å². The average molecular weight is 350 g/mol. The lowest BCUT2D eigenvalue weighted by atomic mass is 9.69. The second kappa shape index (κ2) is 7.02. The van der Waals surface area contributed by atoms with E-state index in [4.69, 9.17) is 15.1 Å². The summed E-state index contributed by atoms with van der Waals surface area (Å²) in [4.78, 5) is 20.8. The van der Waals surface area contributed by atoms with Crippen molar-refractivity contribution in [3.63, 3.8) is 0 Å². The summed E-state index contributed by atoms with van der Waals surface area (Å²) in [6.45, 7) is 10.6. The minimum Gasteiger partial charge on any atom is -0.478 e. The highest BCUT2D eigenvalue weighted by Crippen LogP contribution is 2.45. The lowest BCUT2D eigenvalue weighted by molar-refractivity contribution is -0.131. The molecule has 4 unspecified atom stereocenters. The summed E-state index contributed by atoms with van der Waals surface area (Å²) in [6, 6.07) is 6.10. The van der Waals surface area contributed by atoms with Gasteiger partial charge in [0.05, 0.1) is 22.4 Å². The SMILES string of the molecule is CC(/C=C/C1c2nc3cccc(C)c3nc2C(C)C(C)C1C)=C\C(=O)O. The third-order valence-corrected chi connectivity index (χ3v) is 5.80. The van der Waals surface area contributed by atoms with Crippen LogP contribution < -0.4 is 0 Å². The van der Waals surface area contributed by atoms with Crippen LogP contribution in [0.3, 0.4) is 0 Å². The highest BCUT2D eigenvalue weighted by atomic mass is 16.4. The van der Waals surface area contributed by atoms with Crippen molar-refractivity contribution in [2.24, 2.45) is 11.8 Å². The van der Waals surface area contributed by atoms with E-state index >= 15 is 0 Å². The number of fused-ring (bicyclic) bond motifs is 2. The van der Waals surface area contributed by atoms with E-state index < -0.39 is 5.97 Å². The Labute approximate surface area is 154 Å². The van der Waals surface area contributed by atoms with Gasteiger partial charge in [-0.05, 0) is 42.9 Å². The number of allylic oxidation sites excluding steroid dienone is 3. The molecule has 0 amide bonds. The number of para-hydroxylation sites is 1. The molecule has 0 spiro atoms. The first kappa shape index (κ1) is 18.3. The summed E-state index contributed by atoms with van der Waals surface area (Å²) in [5, 5.41) is 8.92. The fourth-order valence-electron chi connectivity index (χ4n) is 3.87. The second-order valence-corrected chi connectivity index (χ2v) is 7.56. The van der Waals surface area contributed by atoms with Crippen LogP contribution in [0.2, 0.25) is 0 Å². The van der Waals surface area contributed by atoms with Crippen molar-refractivity contribution in [3.05, 3.63) is 59.0 Å². The van der Waals surface area contributed by atoms with Crippen LogP contribution in [0.25, 0.3) is 11.0 Å². The van der Waals surface area contributed by atoms with E-state index in [1.165, 1.54) is 6.08 Å². The Morgan fingerprint density at radius 2 is 1.85 bits per heavy atom. The molecule has 26 heavy (non-hydrogen) atoms. The maximum Gasteiger partial charge on any atom is 0.328 e. The molecule has 2 aromatic rings. The molecule has 0 fully saturated rings. The highest BCUT2D eigenvalue weighted by molar-refractivity contribution is 5.81. The minimum absolute atomic E-state index is 0.130. The fourth-order valence-corrected chi connectivity index (χ4v) is 3.87. The quantitative estimate of drug-likeness (QED) is 0.625. The predicted octanol–water partition coefficient (Wildman–Crippen LogP) is 5.00. The molecule has 1 aromatic heterocycles. The molecule has 3 rings (SSSR count). The molecule has 0 radical (unpaired) electrons. The van der Waals surface area contributed by atoms with Crippen molar-refractivity contribution in [2.45, 2.75) is 46.5 Å². The Morgan fingerprint density at radius 1 is 1.12 bits per heavy atom. The van der Waals surface area contributed by atoms with Gasteiger partial charge in [-0.15, -0.1) is 0 Å². The highest BCUT2D eigenvalue weighted by Gasteiger charge is 2.37. The molecular formula is C22H26N2O2. The Morgan fingerprint density at radius 3 is 2.54 bits per heavy atom. The fraction of sp³-hybridized carbons (Fsp3) is 0.409. The summed E-state index contributed by atoms with van der Waals surface area (Å²) in [6.07, 6.45) is 5.22. The smallest absolute Gasteiger partial charge is 0.328 e. The van der Waals surface area contributed by atoms with Gasteiger partial charge in [0.15, 0.2) is 0 Å². The van der Waals surface area contributed by atoms with E-state index in [-0.39, 0.29) is 5.92 Å². The van der Waals surface area contributed by atoms with E-state index in [0.29, 0.717) is 17.8 Å². The molecule has 0 saturated heterocycles. The van der Waals surface area contributed by atoms with Crippen molar-refractivity contribution in [2.75, 3.05) is 0 Å². The molecule has 1 aliphatic carbocycles. The zero-order valence-corrected chi connectivity index (χ0v) is 16.0. The molecule has 4 atom stereocenters. The zero-order chi connectivity index (χ0) is 19.0. The van der Waals surface area contributed by atoms with Crippen LogP contribution in [0.5, 0.6) is 0 Å². The van der Waals surface area contributed by atoms with Crippen LogP contribution in [0.15, 0.2) is 42.0 Å². The lowest BCUT2D eigenvalue weighted by Gasteiger charge is -2.37.